The van der Waals surface area contributed by atoms with Crippen molar-refractivity contribution in [3.8, 4) is 0 Å². The summed E-state index contributed by atoms with van der Waals surface area (Å²) in [5, 5.41) is 0. The van der Waals surface area contributed by atoms with Crippen molar-refractivity contribution in [3.63, 3.8) is 0 Å². The molecule has 9 nitrogen and oxygen atoms in total. The number of carbonyl (C=O) groups excluding carboxylic acids is 4. The molecule has 0 bridgehead atoms. The summed E-state index contributed by atoms with van der Waals surface area (Å²) >= 11 is 0. The highest BCUT2D eigenvalue weighted by atomic mass is 16.6. The van der Waals surface area contributed by atoms with Gasteiger partial charge in [-0.15, -0.1) is 0 Å². The first-order valence-electron chi connectivity index (χ1n) is 8.92. The summed E-state index contributed by atoms with van der Waals surface area (Å²) in [6, 6.07) is 0. The standard InChI is InChI=1S/C18H28O9/c1-6-23-16(22)8-10(2)7-14-17(26-12(4)20)18(27-13(5)21)15(9-24-14)25-11(3)19/h10,14-15,17-18H,6-9H2,1-5H3. The van der Waals surface area contributed by atoms with Crippen LogP contribution in [0.3, 0.4) is 0 Å². The van der Waals surface area contributed by atoms with Crippen LogP contribution < -0.4 is 0 Å². The van der Waals surface area contributed by atoms with Crippen LogP contribution in [0.15, 0.2) is 0 Å². The average Bonchev–Trinajstić information content (AvgIpc) is 2.51. The molecule has 1 fully saturated rings. The lowest BCUT2D eigenvalue weighted by atomic mass is 9.91. The van der Waals surface area contributed by atoms with Crippen molar-refractivity contribution in [1.29, 1.82) is 0 Å². The summed E-state index contributed by atoms with van der Waals surface area (Å²) in [7, 11) is 0. The van der Waals surface area contributed by atoms with Gasteiger partial charge in [-0.25, -0.2) is 0 Å². The van der Waals surface area contributed by atoms with Gasteiger partial charge in [0.25, 0.3) is 0 Å². The predicted octanol–water partition coefficient (Wildman–Crippen LogP) is 1.16. The first kappa shape index (κ1) is 22.9. The molecule has 1 heterocycles. The van der Waals surface area contributed by atoms with E-state index in [-0.39, 0.29) is 24.9 Å². The van der Waals surface area contributed by atoms with Gasteiger partial charge in [0, 0.05) is 27.2 Å². The molecule has 27 heavy (non-hydrogen) atoms. The molecule has 0 amide bonds. The monoisotopic (exact) mass is 388 g/mol. The number of esters is 4. The van der Waals surface area contributed by atoms with Gasteiger partial charge in [0.2, 0.25) is 0 Å². The molecule has 154 valence electrons. The fourth-order valence-corrected chi connectivity index (χ4v) is 3.00. The number of carbonyl (C=O) groups is 4. The molecule has 0 aromatic rings. The maximum absolute atomic E-state index is 11.7. The van der Waals surface area contributed by atoms with Crippen molar-refractivity contribution >= 4 is 23.9 Å². The van der Waals surface area contributed by atoms with Crippen molar-refractivity contribution in [3.05, 3.63) is 0 Å². The molecular weight excluding hydrogens is 360 g/mol. The van der Waals surface area contributed by atoms with Crippen molar-refractivity contribution in [2.45, 2.75) is 71.9 Å². The lowest BCUT2D eigenvalue weighted by molar-refractivity contribution is -0.227. The van der Waals surface area contributed by atoms with Gasteiger partial charge in [-0.1, -0.05) is 6.92 Å². The van der Waals surface area contributed by atoms with Crippen LogP contribution in [0.2, 0.25) is 0 Å². The van der Waals surface area contributed by atoms with Crippen molar-refractivity contribution in [1.82, 2.24) is 0 Å². The van der Waals surface area contributed by atoms with Crippen LogP contribution in [0.4, 0.5) is 0 Å². The minimum absolute atomic E-state index is 0.0217. The Labute approximate surface area is 158 Å². The second-order valence-corrected chi connectivity index (χ2v) is 6.52. The number of hydrogen-bond donors (Lipinski definition) is 0. The van der Waals surface area contributed by atoms with Crippen LogP contribution in [-0.4, -0.2) is 61.5 Å². The summed E-state index contributed by atoms with van der Waals surface area (Å²) in [4.78, 5) is 46.1. The van der Waals surface area contributed by atoms with Gasteiger partial charge in [0.1, 0.15) is 0 Å². The highest BCUT2D eigenvalue weighted by Gasteiger charge is 2.47. The minimum Gasteiger partial charge on any atom is -0.466 e. The van der Waals surface area contributed by atoms with Gasteiger partial charge in [0.05, 0.1) is 19.3 Å². The molecule has 0 spiro atoms. The maximum atomic E-state index is 11.7. The summed E-state index contributed by atoms with van der Waals surface area (Å²) in [6.45, 7) is 7.49. The number of rotatable bonds is 8. The fraction of sp³-hybridized carbons (Fsp3) is 0.778. The predicted molar refractivity (Wildman–Crippen MR) is 91.4 cm³/mol. The van der Waals surface area contributed by atoms with Gasteiger partial charge in [-0.3, -0.25) is 19.2 Å². The molecule has 5 unspecified atom stereocenters. The highest BCUT2D eigenvalue weighted by Crippen LogP contribution is 2.29. The maximum Gasteiger partial charge on any atom is 0.306 e. The molecule has 1 rings (SSSR count). The minimum atomic E-state index is -0.996. The van der Waals surface area contributed by atoms with Crippen LogP contribution in [0, 0.1) is 5.92 Å². The zero-order chi connectivity index (χ0) is 20.6. The van der Waals surface area contributed by atoms with Gasteiger partial charge >= 0.3 is 23.9 Å². The molecule has 0 radical (unpaired) electrons. The smallest absolute Gasteiger partial charge is 0.306 e. The van der Waals surface area contributed by atoms with Gasteiger partial charge in [-0.05, 0) is 19.3 Å². The Morgan fingerprint density at radius 2 is 1.52 bits per heavy atom. The van der Waals surface area contributed by atoms with Crippen LogP contribution in [-0.2, 0) is 42.9 Å². The molecule has 5 atom stereocenters. The summed E-state index contributed by atoms with van der Waals surface area (Å²) < 4.78 is 26.4. The van der Waals surface area contributed by atoms with E-state index in [2.05, 4.69) is 0 Å². The van der Waals surface area contributed by atoms with Crippen LogP contribution in [0.5, 0.6) is 0 Å². The van der Waals surface area contributed by atoms with Crippen LogP contribution in [0.25, 0.3) is 0 Å². The Morgan fingerprint density at radius 3 is 2.04 bits per heavy atom. The Hall–Kier alpha value is -2.16. The molecule has 0 saturated carbocycles. The van der Waals surface area contributed by atoms with E-state index in [9.17, 15) is 19.2 Å². The second-order valence-electron chi connectivity index (χ2n) is 6.52. The largest absolute Gasteiger partial charge is 0.466 e. The van der Waals surface area contributed by atoms with Crippen molar-refractivity contribution in [2.24, 2.45) is 5.92 Å². The average molecular weight is 388 g/mol. The van der Waals surface area contributed by atoms with Crippen LogP contribution in [0.1, 0.15) is 47.5 Å². The summed E-state index contributed by atoms with van der Waals surface area (Å²) in [5.41, 5.74) is 0. The zero-order valence-corrected chi connectivity index (χ0v) is 16.4. The fourth-order valence-electron chi connectivity index (χ4n) is 3.00. The van der Waals surface area contributed by atoms with Crippen LogP contribution >= 0.6 is 0 Å². The quantitative estimate of drug-likeness (QED) is 0.446. The van der Waals surface area contributed by atoms with Gasteiger partial charge in [0.15, 0.2) is 18.3 Å². The topological polar surface area (TPSA) is 114 Å². The zero-order valence-electron chi connectivity index (χ0n) is 16.4. The van der Waals surface area contributed by atoms with Gasteiger partial charge < -0.3 is 23.7 Å². The molecule has 0 N–H and O–H groups in total. The van der Waals surface area contributed by atoms with Crippen molar-refractivity contribution < 1.29 is 42.9 Å². The van der Waals surface area contributed by atoms with Crippen molar-refractivity contribution in [2.75, 3.05) is 13.2 Å². The molecule has 1 aliphatic rings. The third-order valence-electron chi connectivity index (χ3n) is 3.91. The van der Waals surface area contributed by atoms with E-state index in [4.69, 9.17) is 23.7 Å². The molecule has 1 aliphatic heterocycles. The van der Waals surface area contributed by atoms with E-state index in [1.807, 2.05) is 6.92 Å². The van der Waals surface area contributed by atoms with E-state index in [1.54, 1.807) is 6.92 Å². The molecule has 9 heteroatoms. The first-order valence-corrected chi connectivity index (χ1v) is 8.92. The molecule has 0 aromatic heterocycles. The Bertz CT molecular complexity index is 545. The molecule has 0 aromatic carbocycles. The number of ether oxygens (including phenoxy) is 5. The summed E-state index contributed by atoms with van der Waals surface area (Å²) in [6.07, 6.45) is -2.95. The summed E-state index contributed by atoms with van der Waals surface area (Å²) in [5.74, 6) is -2.23. The molecule has 1 saturated heterocycles. The van der Waals surface area contributed by atoms with Gasteiger partial charge in [-0.2, -0.15) is 0 Å². The lowest BCUT2D eigenvalue weighted by Crippen LogP contribution is -2.57. The Morgan fingerprint density at radius 1 is 0.963 bits per heavy atom. The van der Waals surface area contributed by atoms with E-state index in [1.165, 1.54) is 20.8 Å². The third kappa shape index (κ3) is 7.94. The SMILES string of the molecule is CCOC(=O)CC(C)CC1OCC(OC(C)=O)C(OC(C)=O)C1OC(C)=O. The van der Waals surface area contributed by atoms with E-state index < -0.39 is 42.3 Å². The third-order valence-corrected chi connectivity index (χ3v) is 3.91. The highest BCUT2D eigenvalue weighted by molar-refractivity contribution is 5.69. The lowest BCUT2D eigenvalue weighted by Gasteiger charge is -2.41. The van der Waals surface area contributed by atoms with E-state index in [0.29, 0.717) is 13.0 Å². The first-order chi connectivity index (χ1) is 12.6. The van der Waals surface area contributed by atoms with E-state index >= 15 is 0 Å². The normalized spacial score (nSPS) is 25.8. The Balaban J connectivity index is 2.94. The number of hydrogen-bond acceptors (Lipinski definition) is 9. The second kappa shape index (κ2) is 10.9. The molecule has 0 aliphatic carbocycles. The van der Waals surface area contributed by atoms with E-state index in [0.717, 1.165) is 0 Å². The molecular formula is C18H28O9. The Kier molecular flexibility index (Phi) is 9.20.